The summed E-state index contributed by atoms with van der Waals surface area (Å²) in [6.45, 7) is 2.56. The molecule has 0 spiro atoms. The van der Waals surface area contributed by atoms with Gasteiger partial charge >= 0.3 is 0 Å². The van der Waals surface area contributed by atoms with Gasteiger partial charge in [0.15, 0.2) is 11.5 Å². The number of phenolic OH excluding ortho intramolecular Hbond substituents is 1. The second-order valence-electron chi connectivity index (χ2n) is 6.61. The molecule has 0 fully saturated rings. The van der Waals surface area contributed by atoms with Crippen molar-refractivity contribution < 1.29 is 14.2 Å². The van der Waals surface area contributed by atoms with Crippen LogP contribution < -0.4 is 4.74 Å². The van der Waals surface area contributed by atoms with Gasteiger partial charge in [0, 0.05) is 42.3 Å². The molecule has 134 valence electrons. The van der Waals surface area contributed by atoms with Crippen LogP contribution in [0.25, 0.3) is 16.5 Å². The van der Waals surface area contributed by atoms with Crippen molar-refractivity contribution in [2.24, 2.45) is 0 Å². The third-order valence-corrected chi connectivity index (χ3v) is 4.93. The van der Waals surface area contributed by atoms with E-state index in [-0.39, 0.29) is 11.6 Å². The number of H-pyrrole nitrogens is 1. The number of halogens is 1. The number of rotatable bonds is 4. The van der Waals surface area contributed by atoms with Crippen LogP contribution in [0.2, 0.25) is 0 Å². The fourth-order valence-corrected chi connectivity index (χ4v) is 3.56. The summed E-state index contributed by atoms with van der Waals surface area (Å²) in [5.74, 6) is 0.437. The monoisotopic (exact) mass is 352 g/mol. The Balaban J connectivity index is 1.48. The summed E-state index contributed by atoms with van der Waals surface area (Å²) in [4.78, 5) is 5.49. The maximum atomic E-state index is 13.4. The standard InChI is InChI=1S/C21H21FN2O2/c1-26-21-5-2-14(10-20(21)25)13-24-8-6-15(7-9-24)18-12-23-19-11-16(22)3-4-17(18)19/h2-6,10-12,23,25H,7-9,13H2,1H3. The average molecular weight is 352 g/mol. The molecule has 2 N–H and O–H groups in total. The van der Waals surface area contributed by atoms with Gasteiger partial charge in [-0.2, -0.15) is 0 Å². The Kier molecular flexibility index (Phi) is 4.39. The summed E-state index contributed by atoms with van der Waals surface area (Å²) < 4.78 is 18.4. The second kappa shape index (κ2) is 6.84. The molecule has 1 aromatic heterocycles. The van der Waals surface area contributed by atoms with Crippen LogP contribution >= 0.6 is 0 Å². The van der Waals surface area contributed by atoms with Crippen molar-refractivity contribution in [2.45, 2.75) is 13.0 Å². The molecule has 4 rings (SSSR count). The molecule has 0 aliphatic carbocycles. The molecule has 1 aliphatic heterocycles. The highest BCUT2D eigenvalue weighted by Crippen LogP contribution is 2.31. The summed E-state index contributed by atoms with van der Waals surface area (Å²) in [5.41, 5.74) is 4.33. The van der Waals surface area contributed by atoms with Gasteiger partial charge in [-0.1, -0.05) is 12.1 Å². The predicted octanol–water partition coefficient (Wildman–Crippen LogP) is 4.31. The highest BCUT2D eigenvalue weighted by molar-refractivity contribution is 5.92. The lowest BCUT2D eigenvalue weighted by atomic mass is 9.98. The quantitative estimate of drug-likeness (QED) is 0.736. The molecule has 0 amide bonds. The molecule has 2 aromatic carbocycles. The van der Waals surface area contributed by atoms with Crippen LogP contribution in [0.3, 0.4) is 0 Å². The van der Waals surface area contributed by atoms with Crippen LogP contribution in [0.5, 0.6) is 11.5 Å². The van der Waals surface area contributed by atoms with Crippen LogP contribution in [0.1, 0.15) is 17.5 Å². The fraction of sp³-hybridized carbons (Fsp3) is 0.238. The molecule has 0 atom stereocenters. The minimum absolute atomic E-state index is 0.171. The minimum Gasteiger partial charge on any atom is -0.504 e. The summed E-state index contributed by atoms with van der Waals surface area (Å²) in [6.07, 6.45) is 5.14. The Morgan fingerprint density at radius 3 is 2.85 bits per heavy atom. The number of fused-ring (bicyclic) bond motifs is 1. The van der Waals surface area contributed by atoms with Gasteiger partial charge in [-0.15, -0.1) is 0 Å². The molecule has 5 heteroatoms. The number of aromatic nitrogens is 1. The first-order valence-electron chi connectivity index (χ1n) is 8.68. The Bertz CT molecular complexity index is 977. The van der Waals surface area contributed by atoms with Crippen molar-refractivity contribution in [3.8, 4) is 11.5 Å². The van der Waals surface area contributed by atoms with E-state index in [9.17, 15) is 9.50 Å². The average Bonchev–Trinajstić information content (AvgIpc) is 3.05. The maximum absolute atomic E-state index is 13.4. The van der Waals surface area contributed by atoms with E-state index < -0.39 is 0 Å². The third kappa shape index (κ3) is 3.18. The number of hydrogen-bond acceptors (Lipinski definition) is 3. The smallest absolute Gasteiger partial charge is 0.160 e. The van der Waals surface area contributed by atoms with E-state index in [1.807, 2.05) is 18.3 Å². The molecule has 2 heterocycles. The van der Waals surface area contributed by atoms with Gasteiger partial charge in [-0.25, -0.2) is 4.39 Å². The van der Waals surface area contributed by atoms with Crippen LogP contribution in [0.15, 0.2) is 48.7 Å². The second-order valence-corrected chi connectivity index (χ2v) is 6.61. The number of phenols is 1. The summed E-state index contributed by atoms with van der Waals surface area (Å²) in [6, 6.07) is 10.4. The molecule has 0 unspecified atom stereocenters. The normalized spacial score (nSPS) is 15.2. The number of hydrogen-bond donors (Lipinski definition) is 2. The van der Waals surface area contributed by atoms with E-state index in [2.05, 4.69) is 16.0 Å². The molecule has 0 saturated carbocycles. The summed E-state index contributed by atoms with van der Waals surface area (Å²) >= 11 is 0. The molecule has 0 bridgehead atoms. The lowest BCUT2D eigenvalue weighted by Gasteiger charge is -2.26. The molecular formula is C21H21FN2O2. The zero-order valence-electron chi connectivity index (χ0n) is 14.6. The SMILES string of the molecule is COc1ccc(CN2CC=C(c3c[nH]c4cc(F)ccc34)CC2)cc1O. The molecular weight excluding hydrogens is 331 g/mol. The van der Waals surface area contributed by atoms with Crippen LogP contribution in [-0.4, -0.2) is 35.2 Å². The summed E-state index contributed by atoms with van der Waals surface area (Å²) in [5, 5.41) is 11.0. The number of nitrogens with one attached hydrogen (secondary N) is 1. The lowest BCUT2D eigenvalue weighted by molar-refractivity contribution is 0.293. The van der Waals surface area contributed by atoms with Crippen molar-refractivity contribution in [2.75, 3.05) is 20.2 Å². The van der Waals surface area contributed by atoms with Crippen molar-refractivity contribution in [1.29, 1.82) is 0 Å². The van der Waals surface area contributed by atoms with Crippen molar-refractivity contribution in [1.82, 2.24) is 9.88 Å². The van der Waals surface area contributed by atoms with Gasteiger partial charge in [-0.05, 0) is 47.9 Å². The van der Waals surface area contributed by atoms with Gasteiger partial charge < -0.3 is 14.8 Å². The Hall–Kier alpha value is -2.79. The number of aromatic hydroxyl groups is 1. The van der Waals surface area contributed by atoms with Crippen molar-refractivity contribution in [3.63, 3.8) is 0 Å². The molecule has 3 aromatic rings. The highest BCUT2D eigenvalue weighted by atomic mass is 19.1. The molecule has 0 radical (unpaired) electrons. The third-order valence-electron chi connectivity index (χ3n) is 4.93. The Morgan fingerprint density at radius 2 is 2.12 bits per heavy atom. The number of benzene rings is 2. The van der Waals surface area contributed by atoms with Crippen LogP contribution in [-0.2, 0) is 6.54 Å². The molecule has 26 heavy (non-hydrogen) atoms. The fourth-order valence-electron chi connectivity index (χ4n) is 3.56. The predicted molar refractivity (Wildman–Crippen MR) is 101 cm³/mol. The lowest BCUT2D eigenvalue weighted by Crippen LogP contribution is -2.27. The van der Waals surface area contributed by atoms with Crippen molar-refractivity contribution >= 4 is 16.5 Å². The first kappa shape index (κ1) is 16.7. The minimum atomic E-state index is -0.225. The van der Waals surface area contributed by atoms with Gasteiger partial charge in [0.2, 0.25) is 0 Å². The number of methoxy groups -OCH3 is 1. The number of nitrogens with zero attached hydrogens (tertiary/aromatic N) is 1. The van der Waals surface area contributed by atoms with E-state index in [1.165, 1.54) is 17.7 Å². The van der Waals surface area contributed by atoms with Gasteiger partial charge in [0.1, 0.15) is 5.82 Å². The first-order chi connectivity index (χ1) is 12.6. The van der Waals surface area contributed by atoms with E-state index in [0.29, 0.717) is 5.75 Å². The Labute approximate surface area is 151 Å². The van der Waals surface area contributed by atoms with Gasteiger partial charge in [0.25, 0.3) is 0 Å². The molecule has 0 saturated heterocycles. The summed E-state index contributed by atoms with van der Waals surface area (Å²) in [7, 11) is 1.55. The van der Waals surface area contributed by atoms with Crippen LogP contribution in [0.4, 0.5) is 4.39 Å². The largest absolute Gasteiger partial charge is 0.504 e. The molecule has 4 nitrogen and oxygen atoms in total. The Morgan fingerprint density at radius 1 is 1.23 bits per heavy atom. The van der Waals surface area contributed by atoms with E-state index in [1.54, 1.807) is 19.2 Å². The van der Waals surface area contributed by atoms with E-state index in [4.69, 9.17) is 4.74 Å². The van der Waals surface area contributed by atoms with Crippen molar-refractivity contribution in [3.05, 3.63) is 65.6 Å². The van der Waals surface area contributed by atoms with Gasteiger partial charge in [-0.3, -0.25) is 4.90 Å². The van der Waals surface area contributed by atoms with E-state index >= 15 is 0 Å². The topological polar surface area (TPSA) is 48.5 Å². The number of ether oxygens (including phenoxy) is 1. The van der Waals surface area contributed by atoms with Crippen LogP contribution in [0, 0.1) is 5.82 Å². The number of aromatic amines is 1. The van der Waals surface area contributed by atoms with Gasteiger partial charge in [0.05, 0.1) is 7.11 Å². The first-order valence-corrected chi connectivity index (χ1v) is 8.68. The zero-order valence-corrected chi connectivity index (χ0v) is 14.6. The zero-order chi connectivity index (χ0) is 18.1. The molecule has 1 aliphatic rings. The highest BCUT2D eigenvalue weighted by Gasteiger charge is 2.16. The maximum Gasteiger partial charge on any atom is 0.160 e. The van der Waals surface area contributed by atoms with E-state index in [0.717, 1.165) is 48.1 Å².